The van der Waals surface area contributed by atoms with Crippen LogP contribution in [0, 0.1) is 111 Å². The molecular weight excluding hydrogens is 1320 g/mol. The van der Waals surface area contributed by atoms with E-state index in [4.69, 9.17) is 75.7 Å². The summed E-state index contributed by atoms with van der Waals surface area (Å²) in [6.07, 6.45) is 55.5. The summed E-state index contributed by atoms with van der Waals surface area (Å²) in [5.41, 5.74) is 9.40. The number of oxazole rings is 2. The molecule has 100 heavy (non-hydrogen) atoms. The van der Waals surface area contributed by atoms with E-state index in [1.165, 1.54) is 49.7 Å². The van der Waals surface area contributed by atoms with Crippen LogP contribution in [0.15, 0.2) is 71.9 Å². The van der Waals surface area contributed by atoms with Gasteiger partial charge in [-0.1, -0.05) is 197 Å². The van der Waals surface area contributed by atoms with Gasteiger partial charge in [0.25, 0.3) is 11.8 Å². The zero-order valence-corrected chi connectivity index (χ0v) is 67.4. The fourth-order valence-corrected chi connectivity index (χ4v) is 10.3. The van der Waals surface area contributed by atoms with Crippen molar-refractivity contribution in [3.8, 4) is 111 Å². The molecule has 0 unspecified atom stereocenters. The van der Waals surface area contributed by atoms with Crippen LogP contribution in [0.2, 0.25) is 0 Å². The Balaban J connectivity index is 0.000000563. The first-order valence-electron chi connectivity index (χ1n) is 31.7. The topological polar surface area (TPSA) is 174 Å². The summed E-state index contributed by atoms with van der Waals surface area (Å²) in [5.74, 6) is 24.7. The Kier molecular flexibility index (Phi) is 33.4. The number of rotatable bonds is 0. The Morgan fingerprint density at radius 1 is 0.420 bits per heavy atom. The highest BCUT2D eigenvalue weighted by atomic mass is 32.1. The third-order valence-corrected chi connectivity index (χ3v) is 17.1. The normalized spacial score (nSPS) is 11.1. The Labute approximate surface area is 615 Å². The summed E-state index contributed by atoms with van der Waals surface area (Å²) in [4.78, 5) is 18.8. The van der Waals surface area contributed by atoms with E-state index in [0.717, 1.165) is 61.1 Å². The second kappa shape index (κ2) is 37.7. The summed E-state index contributed by atoms with van der Waals surface area (Å²) >= 11 is 6.04. The molecule has 0 atom stereocenters. The van der Waals surface area contributed by atoms with Crippen LogP contribution in [0.5, 0.6) is 0 Å². The SMILES string of the molecule is C#Cc1cc(C(C)(C)C)on1.C#Cc1cc(C(C)(C)C)sn1.C#Cc1nc(C(C)(C)C)co1.C#Cc1nc(C(C)(C)C)cs1.C#Cc1ncc(C(C)(C)C)o1.C#Cc1ncc(C(C)(C)C)s1.C#Cc1nn(C)cc1C(C)(C)C.C#Cc1nocc1C(C)(C)C.C#Cc1nscc1C(C)(C)C. The number of hydrogen-bond acceptors (Lipinski definition) is 17. The highest BCUT2D eigenvalue weighted by molar-refractivity contribution is 7.12. The van der Waals surface area contributed by atoms with Gasteiger partial charge in [-0.15, -0.1) is 80.5 Å². The molecule has 0 aromatic carbocycles. The molecule has 0 saturated carbocycles. The minimum atomic E-state index is -0.0118. The van der Waals surface area contributed by atoms with Gasteiger partial charge in [0.1, 0.15) is 41.1 Å². The van der Waals surface area contributed by atoms with E-state index < -0.39 is 0 Å². The Hall–Kier alpha value is -9.39. The maximum absolute atomic E-state index is 5.33. The van der Waals surface area contributed by atoms with Crippen molar-refractivity contribution in [3.05, 3.63) is 154 Å². The molecule has 0 spiro atoms. The van der Waals surface area contributed by atoms with Crippen LogP contribution in [0.25, 0.3) is 0 Å². The fraction of sp³-hybridized carbons (Fsp3) is 0.451. The third-order valence-electron chi connectivity index (χ3n) is 13.1. The van der Waals surface area contributed by atoms with Gasteiger partial charge in [0.15, 0.2) is 21.4 Å². The molecule has 0 saturated heterocycles. The molecule has 0 N–H and O–H groups in total. The number of aromatic nitrogens is 10. The quantitative estimate of drug-likeness (QED) is 0.131. The number of hydrogen-bond donors (Lipinski definition) is 0. The van der Waals surface area contributed by atoms with Crippen molar-refractivity contribution in [1.29, 1.82) is 0 Å². The van der Waals surface area contributed by atoms with Crippen LogP contribution < -0.4 is 0 Å². The second-order valence-corrected chi connectivity index (χ2v) is 34.9. The van der Waals surface area contributed by atoms with Gasteiger partial charge in [-0.05, 0) is 109 Å². The van der Waals surface area contributed by atoms with Crippen molar-refractivity contribution in [2.75, 3.05) is 0 Å². The van der Waals surface area contributed by atoms with Gasteiger partial charge in [0.05, 0.1) is 17.6 Å². The molecular formula is C82H102N10O4S4. The van der Waals surface area contributed by atoms with Crippen LogP contribution in [-0.2, 0) is 55.8 Å². The minimum Gasteiger partial charge on any atom is -0.438 e. The van der Waals surface area contributed by atoms with E-state index in [1.807, 2.05) is 77.8 Å². The lowest BCUT2D eigenvalue weighted by molar-refractivity contribution is 0.328. The molecule has 528 valence electrons. The maximum Gasteiger partial charge on any atom is 0.273 e. The van der Waals surface area contributed by atoms with Gasteiger partial charge >= 0.3 is 0 Å². The molecule has 18 heteroatoms. The Bertz CT molecular complexity index is 3860. The lowest BCUT2D eigenvalue weighted by Gasteiger charge is -2.16. The van der Waals surface area contributed by atoms with Crippen molar-refractivity contribution in [1.82, 2.24) is 48.8 Å². The molecule has 9 rings (SSSR count). The first kappa shape index (κ1) is 88.6. The predicted octanol–water partition coefficient (Wildman–Crippen LogP) is 19.2. The average Bonchev–Trinajstić information content (AvgIpc) is 1.67. The lowest BCUT2D eigenvalue weighted by atomic mass is 9.87. The van der Waals surface area contributed by atoms with E-state index in [2.05, 4.69) is 243 Å². The fourth-order valence-electron chi connectivity index (χ4n) is 7.03. The Morgan fingerprint density at radius 2 is 0.950 bits per heavy atom. The zero-order valence-electron chi connectivity index (χ0n) is 64.1. The summed E-state index contributed by atoms with van der Waals surface area (Å²) in [6.45, 7) is 56.8. The molecule has 0 radical (unpaired) electrons. The van der Waals surface area contributed by atoms with E-state index in [1.54, 1.807) is 40.8 Å². The first-order valence-corrected chi connectivity index (χ1v) is 35.0. The molecule has 9 heterocycles. The van der Waals surface area contributed by atoms with Crippen molar-refractivity contribution in [3.63, 3.8) is 0 Å². The predicted molar refractivity (Wildman–Crippen MR) is 417 cm³/mol. The molecule has 0 amide bonds. The lowest BCUT2D eigenvalue weighted by Crippen LogP contribution is -2.11. The summed E-state index contributed by atoms with van der Waals surface area (Å²) in [6, 6.07) is 3.77. The van der Waals surface area contributed by atoms with E-state index in [0.29, 0.717) is 23.2 Å². The van der Waals surface area contributed by atoms with Crippen LogP contribution in [0.1, 0.15) is 287 Å². The maximum atomic E-state index is 5.33. The van der Waals surface area contributed by atoms with Crippen molar-refractivity contribution in [2.24, 2.45) is 7.05 Å². The van der Waals surface area contributed by atoms with Crippen molar-refractivity contribution < 1.29 is 17.9 Å². The molecule has 0 bridgehead atoms. The zero-order chi connectivity index (χ0) is 77.2. The van der Waals surface area contributed by atoms with Crippen LogP contribution in [0.3, 0.4) is 0 Å². The first-order chi connectivity index (χ1) is 45.8. The van der Waals surface area contributed by atoms with E-state index in [9.17, 15) is 0 Å². The summed E-state index contributed by atoms with van der Waals surface area (Å²) in [5, 5.41) is 17.1. The largest absolute Gasteiger partial charge is 0.438 e. The van der Waals surface area contributed by atoms with E-state index >= 15 is 0 Å². The number of terminal acetylenes is 9. The van der Waals surface area contributed by atoms with Gasteiger partial charge < -0.3 is 17.9 Å². The number of aryl methyl sites for hydroxylation is 1. The Morgan fingerprint density at radius 3 is 1.25 bits per heavy atom. The molecule has 0 fully saturated rings. The molecule has 9 aromatic rings. The number of thiazole rings is 2. The molecule has 14 nitrogen and oxygen atoms in total. The van der Waals surface area contributed by atoms with Gasteiger partial charge in [-0.25, -0.2) is 19.9 Å². The molecule has 0 aliphatic heterocycles. The van der Waals surface area contributed by atoms with Gasteiger partial charge in [0.2, 0.25) is 0 Å². The van der Waals surface area contributed by atoms with Crippen LogP contribution in [0.4, 0.5) is 0 Å². The second-order valence-electron chi connectivity index (χ2n) is 31.6. The van der Waals surface area contributed by atoms with Crippen molar-refractivity contribution >= 4 is 45.7 Å². The highest BCUT2D eigenvalue weighted by Crippen LogP contribution is 2.31. The molecule has 9 aromatic heterocycles. The summed E-state index contributed by atoms with van der Waals surface area (Å²) in [7, 11) is 1.88. The van der Waals surface area contributed by atoms with Crippen LogP contribution in [-0.4, -0.2) is 48.8 Å². The monoisotopic (exact) mass is 1420 g/mol. The highest BCUT2D eigenvalue weighted by Gasteiger charge is 2.25. The van der Waals surface area contributed by atoms with Crippen LogP contribution >= 0.6 is 45.7 Å². The van der Waals surface area contributed by atoms with Gasteiger partial charge in [-0.2, -0.15) is 13.8 Å². The van der Waals surface area contributed by atoms with Gasteiger partial charge in [-0.3, -0.25) is 4.68 Å². The van der Waals surface area contributed by atoms with Gasteiger partial charge in [0, 0.05) is 84.4 Å². The van der Waals surface area contributed by atoms with Crippen molar-refractivity contribution in [2.45, 2.75) is 236 Å². The minimum absolute atomic E-state index is 0.0118. The summed E-state index contributed by atoms with van der Waals surface area (Å²) < 4.78 is 30.0. The standard InChI is InChI=1S/C10H14N2.4C9H11NO.4C9H11NS/c1-6-9-8(10(2,3)4)7-12(5)11-9;1-5-8-10-7(6-11-8)9(2,3)4;1-5-8-10-6-7(11-8)9(2,3)4;1-5-8-7(6-11-10-8)9(2,3)4;1-5-7-6-8(11-10-7)9(2,3)4;1-5-8-10-7(6-11-8)9(2,3)4;1-5-8-10-6-7(11-8)9(2,3)4;1-5-8-7(6-11-10-8)9(2,3)4;1-5-7-6-8(11-10-7)9(2,3)4/h1,7H,2-5H3;8*1,6H,2-4H3. The molecule has 0 aliphatic carbocycles. The average molecular weight is 1420 g/mol. The van der Waals surface area contributed by atoms with E-state index in [-0.39, 0.29) is 48.7 Å². The smallest absolute Gasteiger partial charge is 0.273 e. The molecule has 0 aliphatic rings. The number of nitrogens with zero attached hydrogens (tertiary/aromatic N) is 10. The third kappa shape index (κ3) is 30.8.